The largest absolute Gasteiger partial charge is 0.416 e. The van der Waals surface area contributed by atoms with Crippen molar-refractivity contribution in [3.63, 3.8) is 0 Å². The second kappa shape index (κ2) is 6.18. The molecule has 0 saturated carbocycles. The summed E-state index contributed by atoms with van der Waals surface area (Å²) in [4.78, 5) is 0. The molecule has 0 unspecified atom stereocenters. The Labute approximate surface area is 121 Å². The van der Waals surface area contributed by atoms with E-state index in [2.05, 4.69) is 0 Å². The second-order valence-corrected chi connectivity index (χ2v) is 4.58. The van der Waals surface area contributed by atoms with E-state index < -0.39 is 11.7 Å². The minimum absolute atomic E-state index is 0.489. The number of rotatable bonds is 3. The van der Waals surface area contributed by atoms with Gasteiger partial charge in [0, 0.05) is 5.02 Å². The molecule has 0 aliphatic rings. The van der Waals surface area contributed by atoms with E-state index in [1.165, 1.54) is 6.07 Å². The van der Waals surface area contributed by atoms with Gasteiger partial charge in [0.05, 0.1) is 5.56 Å². The third-order valence-corrected chi connectivity index (χ3v) is 3.03. The van der Waals surface area contributed by atoms with E-state index in [1.807, 2.05) is 18.2 Å². The van der Waals surface area contributed by atoms with Gasteiger partial charge in [0.15, 0.2) is 7.28 Å². The van der Waals surface area contributed by atoms with Crippen molar-refractivity contribution >= 4 is 30.4 Å². The molecule has 0 N–H and O–H groups in total. The molecule has 0 nitrogen and oxygen atoms in total. The molecule has 0 heterocycles. The molecule has 0 amide bonds. The average Bonchev–Trinajstić information content (AvgIpc) is 2.40. The van der Waals surface area contributed by atoms with Crippen LogP contribution in [0.1, 0.15) is 11.1 Å². The highest BCUT2D eigenvalue weighted by Crippen LogP contribution is 2.29. The molecule has 20 heavy (non-hydrogen) atoms. The lowest BCUT2D eigenvalue weighted by Gasteiger charge is -2.06. The quantitative estimate of drug-likeness (QED) is 0.738. The summed E-state index contributed by atoms with van der Waals surface area (Å²) in [6.45, 7) is 0. The van der Waals surface area contributed by atoms with Gasteiger partial charge in [-0.15, -0.1) is 5.98 Å². The summed E-state index contributed by atoms with van der Waals surface area (Å²) < 4.78 is 37.7. The van der Waals surface area contributed by atoms with Gasteiger partial charge in [-0.25, -0.2) is 0 Å². The summed E-state index contributed by atoms with van der Waals surface area (Å²) >= 11 is 5.98. The Morgan fingerprint density at radius 3 is 2.45 bits per heavy atom. The van der Waals surface area contributed by atoms with Crippen molar-refractivity contribution in [3.05, 3.63) is 70.7 Å². The van der Waals surface area contributed by atoms with Gasteiger partial charge < -0.3 is 0 Å². The molecule has 1 radical (unpaired) electrons. The Bertz CT molecular complexity index is 621. The van der Waals surface area contributed by atoms with Gasteiger partial charge in [-0.3, -0.25) is 0 Å². The van der Waals surface area contributed by atoms with Crippen LogP contribution in [0.15, 0.2) is 54.5 Å². The van der Waals surface area contributed by atoms with Crippen LogP contribution in [0.4, 0.5) is 13.2 Å². The normalized spacial score (nSPS) is 11.8. The van der Waals surface area contributed by atoms with Crippen LogP contribution in [0.5, 0.6) is 0 Å². The van der Waals surface area contributed by atoms with Crippen LogP contribution >= 0.6 is 11.6 Å². The molecule has 0 spiro atoms. The monoisotopic (exact) mass is 293 g/mol. The summed E-state index contributed by atoms with van der Waals surface area (Å²) in [5.74, 6) is 1.68. The molecule has 0 aromatic heterocycles. The van der Waals surface area contributed by atoms with E-state index in [4.69, 9.17) is 11.6 Å². The number of alkyl halides is 3. The van der Waals surface area contributed by atoms with Crippen molar-refractivity contribution in [3.8, 4) is 0 Å². The Morgan fingerprint density at radius 2 is 1.75 bits per heavy atom. The Morgan fingerprint density at radius 1 is 1.00 bits per heavy atom. The molecular weight excluding hydrogens is 283 g/mol. The van der Waals surface area contributed by atoms with Gasteiger partial charge in [0.1, 0.15) is 0 Å². The smallest absolute Gasteiger partial charge is 0.166 e. The summed E-state index contributed by atoms with van der Waals surface area (Å²) in [5, 5.41) is 0.598. The zero-order valence-corrected chi connectivity index (χ0v) is 11.1. The fourth-order valence-electron chi connectivity index (χ4n) is 1.69. The maximum absolute atomic E-state index is 12.6. The number of hydrogen-bond donors (Lipinski definition) is 0. The van der Waals surface area contributed by atoms with Crippen LogP contribution in [0.25, 0.3) is 6.08 Å². The van der Waals surface area contributed by atoms with Crippen molar-refractivity contribution < 1.29 is 13.2 Å². The molecular formula is C15H10BClF3. The van der Waals surface area contributed by atoms with Gasteiger partial charge in [-0.1, -0.05) is 53.5 Å². The molecule has 0 bridgehead atoms. The first-order valence-corrected chi connectivity index (χ1v) is 6.28. The lowest BCUT2D eigenvalue weighted by atomic mass is 9.70. The zero-order valence-electron chi connectivity index (χ0n) is 10.4. The number of benzene rings is 2. The predicted octanol–water partition coefficient (Wildman–Crippen LogP) is 4.36. The summed E-state index contributed by atoms with van der Waals surface area (Å²) in [6.07, 6.45) is -2.71. The first-order valence-electron chi connectivity index (χ1n) is 5.90. The van der Waals surface area contributed by atoms with Gasteiger partial charge in [0.25, 0.3) is 0 Å². The van der Waals surface area contributed by atoms with Crippen molar-refractivity contribution in [1.29, 1.82) is 0 Å². The maximum atomic E-state index is 12.6. The lowest BCUT2D eigenvalue weighted by molar-refractivity contribution is -0.137. The van der Waals surface area contributed by atoms with Gasteiger partial charge >= 0.3 is 6.18 Å². The third kappa shape index (κ3) is 3.91. The number of halogens is 4. The molecule has 0 saturated heterocycles. The number of hydrogen-bond acceptors (Lipinski definition) is 0. The maximum Gasteiger partial charge on any atom is 0.416 e. The third-order valence-electron chi connectivity index (χ3n) is 2.68. The van der Waals surface area contributed by atoms with Gasteiger partial charge in [0.2, 0.25) is 0 Å². The Hall–Kier alpha value is -1.68. The van der Waals surface area contributed by atoms with E-state index >= 15 is 0 Å². The van der Waals surface area contributed by atoms with Gasteiger partial charge in [-0.2, -0.15) is 13.2 Å². The molecule has 0 aliphatic heterocycles. The molecule has 2 aromatic carbocycles. The predicted molar refractivity (Wildman–Crippen MR) is 77.3 cm³/mol. The zero-order chi connectivity index (χ0) is 14.6. The fraction of sp³-hybridized carbons (Fsp3) is 0.0667. The highest BCUT2D eigenvalue weighted by Gasteiger charge is 2.30. The average molecular weight is 294 g/mol. The SMILES string of the molecule is FC(F)(F)c1cccc(C=C[B]c2ccccc2Cl)c1. The van der Waals surface area contributed by atoms with Crippen molar-refractivity contribution in [2.45, 2.75) is 6.18 Å². The van der Waals surface area contributed by atoms with E-state index in [-0.39, 0.29) is 0 Å². The molecule has 2 rings (SSSR count). The first kappa shape index (κ1) is 14.7. The summed E-state index contributed by atoms with van der Waals surface area (Å²) in [5.41, 5.74) is 0.651. The van der Waals surface area contributed by atoms with E-state index in [0.717, 1.165) is 17.6 Å². The van der Waals surface area contributed by atoms with Crippen LogP contribution in [0, 0.1) is 0 Å². The molecule has 0 atom stereocenters. The van der Waals surface area contributed by atoms with Crippen molar-refractivity contribution in [2.75, 3.05) is 0 Å². The second-order valence-electron chi connectivity index (χ2n) is 4.17. The fourth-order valence-corrected chi connectivity index (χ4v) is 1.89. The van der Waals surface area contributed by atoms with Crippen LogP contribution in [-0.4, -0.2) is 7.28 Å². The van der Waals surface area contributed by atoms with Crippen LogP contribution in [-0.2, 0) is 6.18 Å². The van der Waals surface area contributed by atoms with Gasteiger partial charge in [-0.05, 0) is 23.8 Å². The molecule has 0 fully saturated rings. The lowest BCUT2D eigenvalue weighted by Crippen LogP contribution is -2.12. The van der Waals surface area contributed by atoms with Crippen LogP contribution in [0.2, 0.25) is 5.02 Å². The summed E-state index contributed by atoms with van der Waals surface area (Å²) in [7, 11) is 1.75. The Kier molecular flexibility index (Phi) is 4.55. The van der Waals surface area contributed by atoms with E-state index in [1.54, 1.807) is 31.5 Å². The molecule has 101 valence electrons. The standard InChI is InChI=1S/C15H10BClF3/c17-14-7-2-1-6-13(14)16-9-8-11-4-3-5-12(10-11)15(18,19)20/h1-10H. The molecule has 2 aromatic rings. The van der Waals surface area contributed by atoms with Crippen molar-refractivity contribution in [1.82, 2.24) is 0 Å². The van der Waals surface area contributed by atoms with E-state index in [0.29, 0.717) is 10.6 Å². The topological polar surface area (TPSA) is 0 Å². The highest BCUT2D eigenvalue weighted by atomic mass is 35.5. The minimum atomic E-state index is -4.32. The van der Waals surface area contributed by atoms with Crippen LogP contribution < -0.4 is 5.46 Å². The van der Waals surface area contributed by atoms with Crippen LogP contribution in [0.3, 0.4) is 0 Å². The van der Waals surface area contributed by atoms with Crippen molar-refractivity contribution in [2.24, 2.45) is 0 Å². The highest BCUT2D eigenvalue weighted by molar-refractivity contribution is 6.63. The summed E-state index contributed by atoms with van der Waals surface area (Å²) in [6, 6.07) is 12.4. The first-order chi connectivity index (χ1) is 9.47. The Balaban J connectivity index is 2.11. The minimum Gasteiger partial charge on any atom is -0.166 e. The molecule has 5 heteroatoms. The van der Waals surface area contributed by atoms with E-state index in [9.17, 15) is 13.2 Å². The molecule has 0 aliphatic carbocycles.